The van der Waals surface area contributed by atoms with Crippen molar-refractivity contribution >= 4 is 5.78 Å². The van der Waals surface area contributed by atoms with Crippen molar-refractivity contribution in [2.75, 3.05) is 33.4 Å². The largest absolute Gasteiger partial charge is 0.380 e. The number of benzene rings is 1. The average molecular weight is 253 g/mol. The number of halogens is 1. The minimum atomic E-state index is -0.370. The summed E-state index contributed by atoms with van der Waals surface area (Å²) >= 11 is 0. The summed E-state index contributed by atoms with van der Waals surface area (Å²) < 4.78 is 18.2. The fourth-order valence-electron chi connectivity index (χ4n) is 1.58. The van der Waals surface area contributed by atoms with E-state index in [-0.39, 0.29) is 11.6 Å². The highest BCUT2D eigenvalue weighted by molar-refractivity contribution is 5.96. The zero-order valence-corrected chi connectivity index (χ0v) is 11.0. The van der Waals surface area contributed by atoms with Crippen molar-refractivity contribution in [3.05, 3.63) is 35.6 Å². The molecule has 0 aromatic heterocycles. The molecule has 0 heterocycles. The molecule has 0 saturated heterocycles. The van der Waals surface area contributed by atoms with Gasteiger partial charge in [0.15, 0.2) is 5.78 Å². The molecule has 0 bridgehead atoms. The molecule has 0 spiro atoms. The highest BCUT2D eigenvalue weighted by Gasteiger charge is 2.08. The molecule has 0 N–H and O–H groups in total. The quantitative estimate of drug-likeness (QED) is 0.526. The SMILES string of the molecule is CCOCCN(C)CCC(=O)c1cccc(F)c1. The lowest BCUT2D eigenvalue weighted by molar-refractivity contribution is 0.0945. The van der Waals surface area contributed by atoms with Crippen LogP contribution in [0.3, 0.4) is 0 Å². The molecule has 0 amide bonds. The Morgan fingerprint density at radius 2 is 2.17 bits per heavy atom. The van der Waals surface area contributed by atoms with Crippen LogP contribution in [0.5, 0.6) is 0 Å². The molecule has 0 unspecified atom stereocenters. The van der Waals surface area contributed by atoms with Gasteiger partial charge in [-0.25, -0.2) is 4.39 Å². The van der Waals surface area contributed by atoms with Gasteiger partial charge in [-0.15, -0.1) is 0 Å². The lowest BCUT2D eigenvalue weighted by Gasteiger charge is -2.15. The van der Waals surface area contributed by atoms with E-state index < -0.39 is 0 Å². The number of nitrogens with zero attached hydrogens (tertiary/aromatic N) is 1. The lowest BCUT2D eigenvalue weighted by atomic mass is 10.1. The Hall–Kier alpha value is -1.26. The number of hydrogen-bond acceptors (Lipinski definition) is 3. The van der Waals surface area contributed by atoms with Gasteiger partial charge >= 0.3 is 0 Å². The Balaban J connectivity index is 2.32. The Morgan fingerprint density at radius 1 is 1.39 bits per heavy atom. The molecule has 0 aliphatic carbocycles. The molecule has 0 aliphatic rings. The maximum Gasteiger partial charge on any atom is 0.164 e. The van der Waals surface area contributed by atoms with Gasteiger partial charge in [0.1, 0.15) is 5.82 Å². The fourth-order valence-corrected chi connectivity index (χ4v) is 1.58. The van der Waals surface area contributed by atoms with Gasteiger partial charge in [-0.3, -0.25) is 4.79 Å². The first-order chi connectivity index (χ1) is 8.63. The Kier molecular flexibility index (Phi) is 6.54. The lowest BCUT2D eigenvalue weighted by Crippen LogP contribution is -2.26. The van der Waals surface area contributed by atoms with Crippen molar-refractivity contribution < 1.29 is 13.9 Å². The van der Waals surface area contributed by atoms with Gasteiger partial charge in [0, 0.05) is 31.7 Å². The van der Waals surface area contributed by atoms with Gasteiger partial charge in [0.25, 0.3) is 0 Å². The Morgan fingerprint density at radius 3 is 2.83 bits per heavy atom. The van der Waals surface area contributed by atoms with Gasteiger partial charge in [-0.1, -0.05) is 12.1 Å². The van der Waals surface area contributed by atoms with Crippen LogP contribution < -0.4 is 0 Å². The predicted octanol–water partition coefficient (Wildman–Crippen LogP) is 2.37. The van der Waals surface area contributed by atoms with Crippen LogP contribution in [0, 0.1) is 5.82 Å². The van der Waals surface area contributed by atoms with E-state index in [0.29, 0.717) is 31.7 Å². The van der Waals surface area contributed by atoms with Crippen molar-refractivity contribution in [2.45, 2.75) is 13.3 Å². The molecule has 1 aromatic carbocycles. The number of ether oxygens (including phenoxy) is 1. The third-order valence-electron chi connectivity index (χ3n) is 2.69. The third kappa shape index (κ3) is 5.38. The summed E-state index contributed by atoms with van der Waals surface area (Å²) in [6, 6.07) is 5.82. The molecule has 1 rings (SSSR count). The normalized spacial score (nSPS) is 10.9. The molecule has 0 fully saturated rings. The second kappa shape index (κ2) is 7.95. The van der Waals surface area contributed by atoms with Gasteiger partial charge in [-0.05, 0) is 26.1 Å². The number of ketones is 1. The molecule has 0 aliphatic heterocycles. The smallest absolute Gasteiger partial charge is 0.164 e. The summed E-state index contributed by atoms with van der Waals surface area (Å²) in [7, 11) is 1.94. The Labute approximate surface area is 108 Å². The number of Topliss-reactive ketones (excluding diaryl/α,β-unsaturated/α-hetero) is 1. The molecule has 3 nitrogen and oxygen atoms in total. The molecule has 4 heteroatoms. The first-order valence-corrected chi connectivity index (χ1v) is 6.18. The molecule has 100 valence electrons. The summed E-state index contributed by atoms with van der Waals surface area (Å²) in [5.41, 5.74) is 0.438. The van der Waals surface area contributed by atoms with Crippen LogP contribution in [0.1, 0.15) is 23.7 Å². The molecule has 0 atom stereocenters. The topological polar surface area (TPSA) is 29.5 Å². The first-order valence-electron chi connectivity index (χ1n) is 6.18. The molecular formula is C14H20FNO2. The van der Waals surface area contributed by atoms with E-state index in [1.807, 2.05) is 18.9 Å². The van der Waals surface area contributed by atoms with Crippen LogP contribution in [-0.2, 0) is 4.74 Å². The zero-order valence-electron chi connectivity index (χ0n) is 11.0. The van der Waals surface area contributed by atoms with Crippen LogP contribution in [0.2, 0.25) is 0 Å². The van der Waals surface area contributed by atoms with E-state index in [9.17, 15) is 9.18 Å². The summed E-state index contributed by atoms with van der Waals surface area (Å²) in [4.78, 5) is 13.8. The van der Waals surface area contributed by atoms with Crippen LogP contribution in [-0.4, -0.2) is 44.0 Å². The van der Waals surface area contributed by atoms with Gasteiger partial charge < -0.3 is 9.64 Å². The number of likely N-dealkylation sites (N-methyl/N-ethyl adjacent to an activating group) is 1. The van der Waals surface area contributed by atoms with Crippen LogP contribution in [0.25, 0.3) is 0 Å². The molecule has 0 saturated carbocycles. The van der Waals surface area contributed by atoms with Crippen molar-refractivity contribution in [1.29, 1.82) is 0 Å². The first kappa shape index (κ1) is 14.8. The molecule has 18 heavy (non-hydrogen) atoms. The highest BCUT2D eigenvalue weighted by Crippen LogP contribution is 2.06. The monoisotopic (exact) mass is 253 g/mol. The van der Waals surface area contributed by atoms with Crippen molar-refractivity contribution in [1.82, 2.24) is 4.90 Å². The van der Waals surface area contributed by atoms with E-state index in [1.165, 1.54) is 12.1 Å². The van der Waals surface area contributed by atoms with E-state index in [0.717, 1.165) is 6.54 Å². The zero-order chi connectivity index (χ0) is 13.4. The fraction of sp³-hybridized carbons (Fsp3) is 0.500. The van der Waals surface area contributed by atoms with Crippen LogP contribution >= 0.6 is 0 Å². The molecular weight excluding hydrogens is 233 g/mol. The summed E-state index contributed by atoms with van der Waals surface area (Å²) in [6.07, 6.45) is 0.395. The molecule has 1 aromatic rings. The number of rotatable bonds is 8. The van der Waals surface area contributed by atoms with E-state index >= 15 is 0 Å². The number of carbonyl (C=O) groups excluding carboxylic acids is 1. The molecule has 0 radical (unpaired) electrons. The number of hydrogen-bond donors (Lipinski definition) is 0. The summed E-state index contributed by atoms with van der Waals surface area (Å²) in [5, 5.41) is 0. The van der Waals surface area contributed by atoms with Crippen LogP contribution in [0.15, 0.2) is 24.3 Å². The Bertz CT molecular complexity index is 382. The third-order valence-corrected chi connectivity index (χ3v) is 2.69. The maximum absolute atomic E-state index is 13.0. The number of carbonyl (C=O) groups is 1. The van der Waals surface area contributed by atoms with Crippen LogP contribution in [0.4, 0.5) is 4.39 Å². The van der Waals surface area contributed by atoms with E-state index in [4.69, 9.17) is 4.74 Å². The van der Waals surface area contributed by atoms with Crippen molar-refractivity contribution in [2.24, 2.45) is 0 Å². The van der Waals surface area contributed by atoms with Crippen molar-refractivity contribution in [3.8, 4) is 0 Å². The van der Waals surface area contributed by atoms with E-state index in [1.54, 1.807) is 12.1 Å². The maximum atomic E-state index is 13.0. The van der Waals surface area contributed by atoms with E-state index in [2.05, 4.69) is 0 Å². The minimum absolute atomic E-state index is 0.0299. The van der Waals surface area contributed by atoms with Gasteiger partial charge in [0.05, 0.1) is 6.61 Å². The second-order valence-electron chi connectivity index (χ2n) is 4.18. The predicted molar refractivity (Wildman–Crippen MR) is 69.3 cm³/mol. The highest BCUT2D eigenvalue weighted by atomic mass is 19.1. The van der Waals surface area contributed by atoms with Gasteiger partial charge in [-0.2, -0.15) is 0 Å². The average Bonchev–Trinajstić information content (AvgIpc) is 2.36. The standard InChI is InChI=1S/C14H20FNO2/c1-3-18-10-9-16(2)8-7-14(17)12-5-4-6-13(15)11-12/h4-6,11H,3,7-10H2,1-2H3. The van der Waals surface area contributed by atoms with Gasteiger partial charge in [0.2, 0.25) is 0 Å². The second-order valence-corrected chi connectivity index (χ2v) is 4.18. The summed E-state index contributed by atoms with van der Waals surface area (Å²) in [5.74, 6) is -0.400. The minimum Gasteiger partial charge on any atom is -0.380 e. The van der Waals surface area contributed by atoms with Crippen molar-refractivity contribution in [3.63, 3.8) is 0 Å². The summed E-state index contributed by atoms with van der Waals surface area (Å²) in [6.45, 7) is 4.78.